The molecule has 1 rings (SSSR count). The summed E-state index contributed by atoms with van der Waals surface area (Å²) < 4.78 is 0. The zero-order valence-electron chi connectivity index (χ0n) is 8.01. The second-order valence-electron chi connectivity index (χ2n) is 3.05. The smallest absolute Gasteiger partial charge is 0.0115 e. The van der Waals surface area contributed by atoms with E-state index in [0.29, 0.717) is 0 Å². The number of allylic oxidation sites excluding steroid dienone is 2. The zero-order chi connectivity index (χ0) is 9.84. The lowest BCUT2D eigenvalue weighted by atomic mass is 9.97. The first-order valence-electron chi connectivity index (χ1n) is 4.23. The van der Waals surface area contributed by atoms with Crippen molar-refractivity contribution in [2.75, 3.05) is 0 Å². The van der Waals surface area contributed by atoms with Gasteiger partial charge >= 0.3 is 0 Å². The maximum atomic E-state index is 3.99. The van der Waals surface area contributed by atoms with E-state index in [2.05, 4.69) is 19.7 Å². The van der Waals surface area contributed by atoms with Crippen LogP contribution in [0, 0.1) is 0 Å². The molecule has 0 amide bonds. The van der Waals surface area contributed by atoms with Crippen molar-refractivity contribution in [1.29, 1.82) is 0 Å². The predicted octanol–water partition coefficient (Wildman–Crippen LogP) is 3.92. The molecule has 0 aliphatic heterocycles. The minimum Gasteiger partial charge on any atom is -0.0984 e. The molecular weight excluding hydrogens is 156 g/mol. The fourth-order valence-corrected chi connectivity index (χ4v) is 1.18. The van der Waals surface area contributed by atoms with Crippen LogP contribution in [-0.2, 0) is 0 Å². The summed E-state index contributed by atoms with van der Waals surface area (Å²) >= 11 is 0. The van der Waals surface area contributed by atoms with E-state index in [1.165, 1.54) is 0 Å². The van der Waals surface area contributed by atoms with Crippen molar-refractivity contribution in [2.24, 2.45) is 0 Å². The molecule has 0 saturated carbocycles. The van der Waals surface area contributed by atoms with Crippen molar-refractivity contribution in [3.8, 4) is 0 Å². The molecule has 13 heavy (non-hydrogen) atoms. The Balaban J connectivity index is 3.20. The van der Waals surface area contributed by atoms with Gasteiger partial charge in [0.25, 0.3) is 0 Å². The number of hydrogen-bond acceptors (Lipinski definition) is 0. The van der Waals surface area contributed by atoms with Gasteiger partial charge in [0.2, 0.25) is 0 Å². The van der Waals surface area contributed by atoms with E-state index in [4.69, 9.17) is 0 Å². The first-order chi connectivity index (χ1) is 6.16. The van der Waals surface area contributed by atoms with Crippen molar-refractivity contribution in [3.63, 3.8) is 0 Å². The number of benzene rings is 1. The third-order valence-corrected chi connectivity index (χ3v) is 2.02. The Hall–Kier alpha value is -1.56. The largest absolute Gasteiger partial charge is 0.0984 e. The van der Waals surface area contributed by atoms with E-state index >= 15 is 0 Å². The summed E-state index contributed by atoms with van der Waals surface area (Å²) in [6.45, 7) is 13.6. The second-order valence-corrected chi connectivity index (χ2v) is 3.05. The average Bonchev–Trinajstić information content (AvgIpc) is 2.16. The molecule has 0 nitrogen and oxygen atoms in total. The molecule has 0 atom stereocenters. The first-order valence-corrected chi connectivity index (χ1v) is 4.23. The van der Waals surface area contributed by atoms with Gasteiger partial charge in [-0.1, -0.05) is 55.7 Å². The normalized spacial score (nSPS) is 9.31. The van der Waals surface area contributed by atoms with Crippen molar-refractivity contribution in [1.82, 2.24) is 0 Å². The van der Waals surface area contributed by atoms with Crippen LogP contribution >= 0.6 is 0 Å². The highest BCUT2D eigenvalue weighted by Gasteiger charge is 2.02. The maximum Gasteiger partial charge on any atom is -0.0115 e. The summed E-state index contributed by atoms with van der Waals surface area (Å²) in [5, 5.41) is 0. The Bertz CT molecular complexity index is 356. The van der Waals surface area contributed by atoms with Crippen molar-refractivity contribution >= 4 is 11.6 Å². The minimum absolute atomic E-state index is 0.982. The Kier molecular flexibility index (Phi) is 2.86. The fraction of sp³-hybridized carbons (Fsp3) is 0.0769. The highest BCUT2D eigenvalue weighted by Crippen LogP contribution is 2.23. The molecule has 0 aromatic heterocycles. The van der Waals surface area contributed by atoms with Crippen LogP contribution in [0.3, 0.4) is 0 Å². The SMILES string of the molecule is C=Cc1ccccc1C(=C)C(=C)C. The summed E-state index contributed by atoms with van der Waals surface area (Å²) in [4.78, 5) is 0. The van der Waals surface area contributed by atoms with Gasteiger partial charge in [-0.25, -0.2) is 0 Å². The van der Waals surface area contributed by atoms with Crippen LogP contribution in [0.25, 0.3) is 11.6 Å². The number of hydrogen-bond donors (Lipinski definition) is 0. The lowest BCUT2D eigenvalue weighted by Crippen LogP contribution is -1.87. The van der Waals surface area contributed by atoms with Crippen molar-refractivity contribution in [2.45, 2.75) is 6.92 Å². The molecule has 0 N–H and O–H groups in total. The Morgan fingerprint density at radius 2 is 1.85 bits per heavy atom. The van der Waals surface area contributed by atoms with Crippen LogP contribution in [0.1, 0.15) is 18.1 Å². The highest BCUT2D eigenvalue weighted by atomic mass is 14.1. The van der Waals surface area contributed by atoms with Crippen LogP contribution in [0.15, 0.2) is 49.6 Å². The minimum atomic E-state index is 0.982. The third kappa shape index (κ3) is 1.97. The van der Waals surface area contributed by atoms with Crippen LogP contribution < -0.4 is 0 Å². The van der Waals surface area contributed by atoms with E-state index in [0.717, 1.165) is 22.3 Å². The molecule has 1 aromatic carbocycles. The van der Waals surface area contributed by atoms with E-state index in [9.17, 15) is 0 Å². The molecule has 0 unspecified atom stereocenters. The van der Waals surface area contributed by atoms with Gasteiger partial charge in [0.15, 0.2) is 0 Å². The van der Waals surface area contributed by atoms with Crippen LogP contribution in [0.5, 0.6) is 0 Å². The Morgan fingerprint density at radius 1 is 1.23 bits per heavy atom. The molecule has 0 bridgehead atoms. The summed E-state index contributed by atoms with van der Waals surface area (Å²) in [6, 6.07) is 8.05. The van der Waals surface area contributed by atoms with E-state index in [1.54, 1.807) is 0 Å². The van der Waals surface area contributed by atoms with Crippen molar-refractivity contribution < 1.29 is 0 Å². The highest BCUT2D eigenvalue weighted by molar-refractivity contribution is 5.81. The number of rotatable bonds is 3. The van der Waals surface area contributed by atoms with E-state index in [1.807, 2.05) is 37.3 Å². The quantitative estimate of drug-likeness (QED) is 0.603. The molecule has 0 fully saturated rings. The van der Waals surface area contributed by atoms with Crippen molar-refractivity contribution in [3.05, 3.63) is 60.7 Å². The van der Waals surface area contributed by atoms with Gasteiger partial charge in [-0.3, -0.25) is 0 Å². The first kappa shape index (κ1) is 9.53. The van der Waals surface area contributed by atoms with Gasteiger partial charge in [0.05, 0.1) is 0 Å². The fourth-order valence-electron chi connectivity index (χ4n) is 1.18. The average molecular weight is 170 g/mol. The van der Waals surface area contributed by atoms with E-state index < -0.39 is 0 Å². The molecule has 0 heterocycles. The Labute approximate surface area is 79.9 Å². The van der Waals surface area contributed by atoms with Gasteiger partial charge in [0, 0.05) is 0 Å². The monoisotopic (exact) mass is 170 g/mol. The molecule has 0 aliphatic rings. The van der Waals surface area contributed by atoms with Gasteiger partial charge in [-0.05, 0) is 23.6 Å². The molecule has 0 spiro atoms. The summed E-state index contributed by atoms with van der Waals surface area (Å²) in [5.41, 5.74) is 4.20. The van der Waals surface area contributed by atoms with Gasteiger partial charge in [-0.15, -0.1) is 0 Å². The molecule has 0 radical (unpaired) electrons. The van der Waals surface area contributed by atoms with Crippen LogP contribution in [-0.4, -0.2) is 0 Å². The molecular formula is C13H14. The summed E-state index contributed by atoms with van der Waals surface area (Å²) in [7, 11) is 0. The summed E-state index contributed by atoms with van der Waals surface area (Å²) in [5.74, 6) is 0. The zero-order valence-corrected chi connectivity index (χ0v) is 8.01. The molecule has 66 valence electrons. The van der Waals surface area contributed by atoms with Gasteiger partial charge < -0.3 is 0 Å². The predicted molar refractivity (Wildman–Crippen MR) is 60.4 cm³/mol. The lowest BCUT2D eigenvalue weighted by molar-refractivity contribution is 1.51. The maximum absolute atomic E-state index is 3.99. The van der Waals surface area contributed by atoms with Crippen LogP contribution in [0.2, 0.25) is 0 Å². The second kappa shape index (κ2) is 3.90. The van der Waals surface area contributed by atoms with Crippen LogP contribution in [0.4, 0.5) is 0 Å². The summed E-state index contributed by atoms with van der Waals surface area (Å²) in [6.07, 6.45) is 1.84. The molecule has 1 aromatic rings. The Morgan fingerprint density at radius 3 is 2.38 bits per heavy atom. The molecule has 0 aliphatic carbocycles. The lowest BCUT2D eigenvalue weighted by Gasteiger charge is -2.08. The third-order valence-electron chi connectivity index (χ3n) is 2.02. The van der Waals surface area contributed by atoms with E-state index in [-0.39, 0.29) is 0 Å². The standard InChI is InChI=1S/C13H14/c1-5-12-8-6-7-9-13(12)11(4)10(2)3/h5-9H,1-2,4H2,3H3. The molecule has 0 heteroatoms. The van der Waals surface area contributed by atoms with Gasteiger partial charge in [-0.2, -0.15) is 0 Å². The van der Waals surface area contributed by atoms with Gasteiger partial charge in [0.1, 0.15) is 0 Å². The molecule has 0 saturated heterocycles. The topological polar surface area (TPSA) is 0 Å².